The van der Waals surface area contributed by atoms with Crippen LogP contribution in [0.25, 0.3) is 0 Å². The van der Waals surface area contributed by atoms with E-state index in [4.69, 9.17) is 5.11 Å². The molecule has 0 bridgehead atoms. The van der Waals surface area contributed by atoms with Crippen molar-refractivity contribution in [3.8, 4) is 0 Å². The smallest absolute Gasteiger partial charge is 0.242 e. The number of benzene rings is 1. The van der Waals surface area contributed by atoms with Crippen molar-refractivity contribution in [3.63, 3.8) is 0 Å². The van der Waals surface area contributed by atoms with Crippen LogP contribution in [0.2, 0.25) is 0 Å². The van der Waals surface area contributed by atoms with Gasteiger partial charge in [-0.2, -0.15) is 0 Å². The lowest BCUT2D eigenvalue weighted by Crippen LogP contribution is -2.23. The topological polar surface area (TPSA) is 66.4 Å². The Hall–Kier alpha value is -0.250. The summed E-state index contributed by atoms with van der Waals surface area (Å²) in [4.78, 5) is 0.751. The number of rotatable bonds is 5. The minimum Gasteiger partial charge on any atom is -0.391 e. The fraction of sp³-hybridized carbons (Fsp3) is 0.167. The predicted octanol–water partition coefficient (Wildman–Crippen LogP) is 3.24. The Morgan fingerprint density at radius 3 is 2.60 bits per heavy atom. The van der Waals surface area contributed by atoms with Crippen LogP contribution >= 0.6 is 43.2 Å². The van der Waals surface area contributed by atoms with Gasteiger partial charge in [0.15, 0.2) is 0 Å². The Balaban J connectivity index is 2.17. The molecule has 0 radical (unpaired) electrons. The molecule has 0 aliphatic rings. The molecule has 0 saturated carbocycles. The largest absolute Gasteiger partial charge is 0.391 e. The van der Waals surface area contributed by atoms with Crippen molar-refractivity contribution in [2.24, 2.45) is 0 Å². The fourth-order valence-electron chi connectivity index (χ4n) is 1.56. The summed E-state index contributed by atoms with van der Waals surface area (Å²) in [6, 6.07) is 8.89. The van der Waals surface area contributed by atoms with Gasteiger partial charge >= 0.3 is 0 Å². The average molecular weight is 441 g/mol. The second-order valence-electron chi connectivity index (χ2n) is 3.96. The highest BCUT2D eigenvalue weighted by Crippen LogP contribution is 2.31. The molecule has 1 aromatic heterocycles. The molecule has 1 heterocycles. The first kappa shape index (κ1) is 16.1. The second kappa shape index (κ2) is 6.67. The van der Waals surface area contributed by atoms with Gasteiger partial charge in [-0.1, -0.05) is 28.1 Å². The van der Waals surface area contributed by atoms with Crippen LogP contribution in [0, 0.1) is 0 Å². The van der Waals surface area contributed by atoms with Gasteiger partial charge in [-0.05, 0) is 39.7 Å². The summed E-state index contributed by atoms with van der Waals surface area (Å²) in [6.45, 7) is 0.0307. The summed E-state index contributed by atoms with van der Waals surface area (Å²) >= 11 is 7.76. The van der Waals surface area contributed by atoms with Crippen LogP contribution < -0.4 is 4.72 Å². The minimum absolute atomic E-state index is 0.154. The van der Waals surface area contributed by atoms with Crippen molar-refractivity contribution in [3.05, 3.63) is 49.0 Å². The summed E-state index contributed by atoms with van der Waals surface area (Å²) < 4.78 is 28.4. The molecule has 1 aromatic carbocycles. The van der Waals surface area contributed by atoms with E-state index in [1.807, 2.05) is 24.3 Å². The number of aliphatic hydroxyl groups excluding tert-OH is 1. The van der Waals surface area contributed by atoms with Gasteiger partial charge in [0.25, 0.3) is 0 Å². The Bertz CT molecular complexity index is 713. The maximum Gasteiger partial charge on any atom is 0.242 e. The van der Waals surface area contributed by atoms with Gasteiger partial charge in [0, 0.05) is 15.9 Å². The second-order valence-corrected chi connectivity index (χ2v) is 9.07. The molecule has 0 fully saturated rings. The zero-order valence-electron chi connectivity index (χ0n) is 10.1. The lowest BCUT2D eigenvalue weighted by Gasteiger charge is -2.06. The molecule has 0 spiro atoms. The molecule has 2 aromatic rings. The fourth-order valence-corrected chi connectivity index (χ4v) is 5.57. The van der Waals surface area contributed by atoms with Gasteiger partial charge in [0.1, 0.15) is 4.90 Å². The van der Waals surface area contributed by atoms with Crippen molar-refractivity contribution in [1.29, 1.82) is 0 Å². The summed E-state index contributed by atoms with van der Waals surface area (Å²) in [7, 11) is -3.60. The molecule has 0 unspecified atom stereocenters. The van der Waals surface area contributed by atoms with E-state index in [9.17, 15) is 8.42 Å². The van der Waals surface area contributed by atoms with Crippen LogP contribution in [0.1, 0.15) is 10.4 Å². The number of aliphatic hydroxyl groups is 1. The number of halogens is 2. The summed E-state index contributed by atoms with van der Waals surface area (Å²) in [6.07, 6.45) is 0. The van der Waals surface area contributed by atoms with Gasteiger partial charge in [0.05, 0.1) is 10.4 Å². The summed E-state index contributed by atoms with van der Waals surface area (Å²) in [5.41, 5.74) is 0.858. The van der Waals surface area contributed by atoms with Crippen molar-refractivity contribution in [2.45, 2.75) is 18.0 Å². The molecule has 108 valence electrons. The normalized spacial score (nSPS) is 11.8. The molecule has 2 N–H and O–H groups in total. The van der Waals surface area contributed by atoms with Crippen molar-refractivity contribution < 1.29 is 13.5 Å². The first-order chi connectivity index (χ1) is 9.42. The zero-order chi connectivity index (χ0) is 14.8. The van der Waals surface area contributed by atoms with Crippen molar-refractivity contribution in [2.75, 3.05) is 0 Å². The van der Waals surface area contributed by atoms with E-state index in [1.165, 1.54) is 17.4 Å². The molecular weight excluding hydrogens is 430 g/mol. The highest BCUT2D eigenvalue weighted by atomic mass is 79.9. The lowest BCUT2D eigenvalue weighted by molar-refractivity contribution is 0.285. The summed E-state index contributed by atoms with van der Waals surface area (Å²) in [5.74, 6) is 0. The van der Waals surface area contributed by atoms with Crippen LogP contribution in [0.4, 0.5) is 0 Å². The molecule has 8 heteroatoms. The van der Waals surface area contributed by atoms with E-state index in [2.05, 4.69) is 36.6 Å². The van der Waals surface area contributed by atoms with Gasteiger partial charge in [-0.15, -0.1) is 11.3 Å². The first-order valence-corrected chi connectivity index (χ1v) is 9.44. The molecule has 0 saturated heterocycles. The zero-order valence-corrected chi connectivity index (χ0v) is 14.9. The Morgan fingerprint density at radius 1 is 1.25 bits per heavy atom. The standard InChI is InChI=1S/C12H11Br2NO3S2/c13-9-3-1-2-8(4-9)6-15-20(17,18)11-5-10(7-16)19-12(11)14/h1-5,15-16H,6-7H2. The van der Waals surface area contributed by atoms with Gasteiger partial charge in [-0.25, -0.2) is 13.1 Å². The van der Waals surface area contributed by atoms with E-state index in [0.29, 0.717) is 8.66 Å². The van der Waals surface area contributed by atoms with Gasteiger partial charge < -0.3 is 5.11 Å². The number of sulfonamides is 1. The molecule has 0 atom stereocenters. The maximum atomic E-state index is 12.2. The molecule has 0 amide bonds. The molecular formula is C12H11Br2NO3S2. The molecule has 0 aliphatic heterocycles. The lowest BCUT2D eigenvalue weighted by atomic mass is 10.2. The SMILES string of the molecule is O=S(=O)(NCc1cccc(Br)c1)c1cc(CO)sc1Br. The van der Waals surface area contributed by atoms with E-state index in [1.54, 1.807) is 0 Å². The van der Waals surface area contributed by atoms with Gasteiger partial charge in [0.2, 0.25) is 10.0 Å². The van der Waals surface area contributed by atoms with E-state index >= 15 is 0 Å². The first-order valence-electron chi connectivity index (χ1n) is 5.55. The Morgan fingerprint density at radius 2 is 2.00 bits per heavy atom. The minimum atomic E-state index is -3.60. The van der Waals surface area contributed by atoms with E-state index in [0.717, 1.165) is 10.0 Å². The number of hydrogen-bond donors (Lipinski definition) is 2. The highest BCUT2D eigenvalue weighted by Gasteiger charge is 2.20. The average Bonchev–Trinajstić information content (AvgIpc) is 2.79. The highest BCUT2D eigenvalue weighted by molar-refractivity contribution is 9.11. The van der Waals surface area contributed by atoms with Crippen LogP contribution in [-0.4, -0.2) is 13.5 Å². The van der Waals surface area contributed by atoms with E-state index in [-0.39, 0.29) is 18.0 Å². The third kappa shape index (κ3) is 3.90. The number of thiophene rings is 1. The molecule has 0 aliphatic carbocycles. The maximum absolute atomic E-state index is 12.2. The molecule has 20 heavy (non-hydrogen) atoms. The third-order valence-corrected chi connectivity index (χ3v) is 6.64. The van der Waals surface area contributed by atoms with Crippen molar-refractivity contribution in [1.82, 2.24) is 4.72 Å². The Kier molecular flexibility index (Phi) is 5.38. The Labute approximate surface area is 138 Å². The summed E-state index contributed by atoms with van der Waals surface area (Å²) in [5, 5.41) is 9.05. The quantitative estimate of drug-likeness (QED) is 0.749. The van der Waals surface area contributed by atoms with Crippen LogP contribution in [-0.2, 0) is 23.2 Å². The van der Waals surface area contributed by atoms with Crippen LogP contribution in [0.15, 0.2) is 43.5 Å². The van der Waals surface area contributed by atoms with Crippen LogP contribution in [0.3, 0.4) is 0 Å². The van der Waals surface area contributed by atoms with Crippen molar-refractivity contribution >= 4 is 53.2 Å². The van der Waals surface area contributed by atoms with E-state index < -0.39 is 10.0 Å². The number of nitrogens with one attached hydrogen (secondary N) is 1. The van der Waals surface area contributed by atoms with Crippen LogP contribution in [0.5, 0.6) is 0 Å². The predicted molar refractivity (Wildman–Crippen MR) is 86.1 cm³/mol. The molecule has 2 rings (SSSR count). The molecule has 4 nitrogen and oxygen atoms in total. The van der Waals surface area contributed by atoms with Gasteiger partial charge in [-0.3, -0.25) is 0 Å². The third-order valence-electron chi connectivity index (χ3n) is 2.51. The monoisotopic (exact) mass is 439 g/mol. The number of hydrogen-bond acceptors (Lipinski definition) is 4.